The van der Waals surface area contributed by atoms with E-state index in [0.29, 0.717) is 4.99 Å². The van der Waals surface area contributed by atoms with E-state index in [1.807, 2.05) is 30.3 Å². The Morgan fingerprint density at radius 3 is 2.19 bits per heavy atom. The van der Waals surface area contributed by atoms with Crippen molar-refractivity contribution in [3.63, 3.8) is 0 Å². The molecule has 0 spiro atoms. The number of hydrogen-bond acceptors (Lipinski definition) is 4. The van der Waals surface area contributed by atoms with Crippen LogP contribution in [-0.2, 0) is 19.9 Å². The van der Waals surface area contributed by atoms with E-state index in [1.165, 1.54) is 6.92 Å². The van der Waals surface area contributed by atoms with Gasteiger partial charge in [-0.3, -0.25) is 9.59 Å². The van der Waals surface area contributed by atoms with Crippen molar-refractivity contribution < 1.29 is 14.3 Å². The van der Waals surface area contributed by atoms with Gasteiger partial charge >= 0.3 is 5.97 Å². The maximum atomic E-state index is 13.6. The van der Waals surface area contributed by atoms with Gasteiger partial charge < -0.3 is 14.6 Å². The number of amides is 1. The molecule has 7 heteroatoms. The molecule has 5 nitrogen and oxygen atoms in total. The fourth-order valence-electron chi connectivity index (χ4n) is 3.17. The molecule has 1 fully saturated rings. The first kappa shape index (κ1) is 20.6. The molecule has 142 valence electrons. The van der Waals surface area contributed by atoms with E-state index in [9.17, 15) is 9.59 Å². The molecule has 1 heterocycles. The largest absolute Gasteiger partial charge is 0.439 e. The smallest absolute Gasteiger partial charge is 0.304 e. The highest BCUT2D eigenvalue weighted by atomic mass is 32.1. The maximum Gasteiger partial charge on any atom is 0.304 e. The topological polar surface area (TPSA) is 58.6 Å². The number of benzene rings is 1. The third kappa shape index (κ3) is 3.18. The summed E-state index contributed by atoms with van der Waals surface area (Å²) in [7, 11) is -2.26. The summed E-state index contributed by atoms with van der Waals surface area (Å²) in [4.78, 5) is 25.9. The van der Waals surface area contributed by atoms with Crippen molar-refractivity contribution in [2.45, 2.75) is 64.5 Å². The molecular formula is C19H28N2O3SSi. The van der Waals surface area contributed by atoms with Gasteiger partial charge in [0.25, 0.3) is 5.91 Å². The minimum atomic E-state index is -2.26. The predicted molar refractivity (Wildman–Crippen MR) is 109 cm³/mol. The molecule has 26 heavy (non-hydrogen) atoms. The third-order valence-corrected chi connectivity index (χ3v) is 10.9. The summed E-state index contributed by atoms with van der Waals surface area (Å²) in [6, 6.07) is 9.34. The Bertz CT molecular complexity index is 730. The lowest BCUT2D eigenvalue weighted by atomic mass is 9.80. The molecule has 1 aliphatic rings. The van der Waals surface area contributed by atoms with Crippen LogP contribution < -0.4 is 5.32 Å². The second-order valence-corrected chi connectivity index (χ2v) is 14.0. The lowest BCUT2D eigenvalue weighted by Gasteiger charge is -2.62. The van der Waals surface area contributed by atoms with E-state index in [-0.39, 0.29) is 10.9 Å². The summed E-state index contributed by atoms with van der Waals surface area (Å²) in [6.07, 6.45) is -0.728. The second-order valence-electron chi connectivity index (χ2n) is 8.30. The van der Waals surface area contributed by atoms with E-state index < -0.39 is 26.0 Å². The Labute approximate surface area is 162 Å². The van der Waals surface area contributed by atoms with E-state index >= 15 is 0 Å². The van der Waals surface area contributed by atoms with Gasteiger partial charge in [0, 0.05) is 6.92 Å². The molecule has 1 amide bonds. The molecule has 0 aliphatic carbocycles. The van der Waals surface area contributed by atoms with Crippen molar-refractivity contribution in [1.29, 1.82) is 0 Å². The Hall–Kier alpha value is -1.73. The number of nitrogens with zero attached hydrogens (tertiary/aromatic N) is 1. The Morgan fingerprint density at radius 2 is 1.77 bits per heavy atom. The fourth-order valence-corrected chi connectivity index (χ4v) is 5.57. The number of nitrogens with one attached hydrogen (secondary N) is 1. The van der Waals surface area contributed by atoms with E-state index in [2.05, 4.69) is 39.2 Å². The van der Waals surface area contributed by atoms with Crippen LogP contribution in [0.15, 0.2) is 30.3 Å². The van der Waals surface area contributed by atoms with Crippen LogP contribution in [0.5, 0.6) is 0 Å². The van der Waals surface area contributed by atoms with Crippen molar-refractivity contribution in [2.24, 2.45) is 0 Å². The average molecular weight is 393 g/mol. The van der Waals surface area contributed by atoms with Gasteiger partial charge in [-0.2, -0.15) is 0 Å². The molecule has 0 saturated carbocycles. The van der Waals surface area contributed by atoms with E-state index in [0.717, 1.165) is 5.56 Å². The fraction of sp³-hybridized carbons (Fsp3) is 0.526. The summed E-state index contributed by atoms with van der Waals surface area (Å²) < 4.78 is 7.50. The number of β-lactam (4-membered cyclic amide) rings is 1. The summed E-state index contributed by atoms with van der Waals surface area (Å²) in [5, 5.41) is 3.07. The zero-order valence-electron chi connectivity index (χ0n) is 16.5. The van der Waals surface area contributed by atoms with Crippen molar-refractivity contribution in [3.8, 4) is 0 Å². The van der Waals surface area contributed by atoms with Gasteiger partial charge in [-0.15, -0.1) is 0 Å². The zero-order valence-corrected chi connectivity index (χ0v) is 18.4. The van der Waals surface area contributed by atoms with Crippen LogP contribution in [0.4, 0.5) is 0 Å². The SMILES string of the molecule is CC(=O)O[C@@H]1N([Si](C)(C)C(C)(C)C)C(=O)[C@]1(NC(C)=S)c1ccccc1. The van der Waals surface area contributed by atoms with Crippen LogP contribution in [0.25, 0.3) is 0 Å². The molecule has 2 rings (SSSR count). The van der Waals surface area contributed by atoms with Crippen LogP contribution >= 0.6 is 12.2 Å². The first-order valence-corrected chi connectivity index (χ1v) is 12.1. The number of ether oxygens (including phenoxy) is 1. The molecule has 0 radical (unpaired) electrons. The van der Waals surface area contributed by atoms with Gasteiger partial charge in [0.2, 0.25) is 6.23 Å². The molecular weight excluding hydrogens is 364 g/mol. The van der Waals surface area contributed by atoms with Gasteiger partial charge in [0.1, 0.15) is 0 Å². The van der Waals surface area contributed by atoms with Crippen LogP contribution in [0.3, 0.4) is 0 Å². The van der Waals surface area contributed by atoms with Crippen LogP contribution in [0.1, 0.15) is 40.2 Å². The molecule has 1 saturated heterocycles. The summed E-state index contributed by atoms with van der Waals surface area (Å²) in [5.41, 5.74) is -0.427. The highest BCUT2D eigenvalue weighted by molar-refractivity contribution is 7.80. The van der Waals surface area contributed by atoms with Crippen LogP contribution in [-0.4, -0.2) is 35.9 Å². The quantitative estimate of drug-likeness (QED) is 0.367. The maximum absolute atomic E-state index is 13.6. The molecule has 0 aromatic heterocycles. The number of rotatable bonds is 4. The van der Waals surface area contributed by atoms with Crippen molar-refractivity contribution in [3.05, 3.63) is 35.9 Å². The van der Waals surface area contributed by atoms with Crippen molar-refractivity contribution in [1.82, 2.24) is 9.88 Å². The standard InChI is InChI=1S/C19H28N2O3SSi/c1-13(25)20-19(15-11-9-8-10-12-15)16(23)21(17(19)24-14(2)22)26(6,7)18(3,4)5/h8-12,17H,1-7H3,(H,20,25)/t17-,19+/m0/s1. The Morgan fingerprint density at radius 1 is 1.23 bits per heavy atom. The third-order valence-electron chi connectivity index (χ3n) is 5.48. The van der Waals surface area contributed by atoms with Gasteiger partial charge in [-0.05, 0) is 17.5 Å². The number of hydrogen-bond donors (Lipinski definition) is 1. The molecule has 2 atom stereocenters. The minimum absolute atomic E-state index is 0.0867. The molecule has 1 N–H and O–H groups in total. The number of esters is 1. The second kappa shape index (κ2) is 6.77. The molecule has 0 bridgehead atoms. The van der Waals surface area contributed by atoms with Crippen LogP contribution in [0.2, 0.25) is 18.1 Å². The average Bonchev–Trinajstić information content (AvgIpc) is 2.51. The van der Waals surface area contributed by atoms with Crippen molar-refractivity contribution in [2.75, 3.05) is 0 Å². The minimum Gasteiger partial charge on any atom is -0.439 e. The zero-order chi connectivity index (χ0) is 19.9. The van der Waals surface area contributed by atoms with Gasteiger partial charge in [-0.25, -0.2) is 0 Å². The van der Waals surface area contributed by atoms with Crippen molar-refractivity contribution >= 4 is 37.3 Å². The van der Waals surface area contributed by atoms with Crippen LogP contribution in [0, 0.1) is 0 Å². The number of carbonyl (C=O) groups excluding carboxylic acids is 2. The number of carbonyl (C=O) groups is 2. The molecule has 1 aromatic carbocycles. The normalized spacial score (nSPS) is 23.3. The predicted octanol–water partition coefficient (Wildman–Crippen LogP) is 3.56. The highest BCUT2D eigenvalue weighted by Crippen LogP contribution is 2.50. The van der Waals surface area contributed by atoms with Gasteiger partial charge in [-0.1, -0.05) is 76.4 Å². The summed E-state index contributed by atoms with van der Waals surface area (Å²) in [6.45, 7) is 13.7. The first-order valence-electron chi connectivity index (χ1n) is 8.71. The van der Waals surface area contributed by atoms with Gasteiger partial charge in [0.05, 0.1) is 4.99 Å². The Balaban J connectivity index is 2.63. The summed E-state index contributed by atoms with van der Waals surface area (Å²) >= 11 is 5.26. The lowest BCUT2D eigenvalue weighted by molar-refractivity contribution is -0.194. The van der Waals surface area contributed by atoms with E-state index in [4.69, 9.17) is 17.0 Å². The highest BCUT2D eigenvalue weighted by Gasteiger charge is 2.69. The monoisotopic (exact) mass is 392 g/mol. The first-order chi connectivity index (χ1) is 11.9. The molecule has 0 unspecified atom stereocenters. The molecule has 1 aliphatic heterocycles. The Kier molecular flexibility index (Phi) is 5.36. The summed E-state index contributed by atoms with van der Waals surface area (Å²) in [5.74, 6) is -0.513. The lowest BCUT2D eigenvalue weighted by Crippen LogP contribution is -2.84. The number of thiocarbonyl (C=S) groups is 1. The van der Waals surface area contributed by atoms with E-state index in [1.54, 1.807) is 11.5 Å². The van der Waals surface area contributed by atoms with Gasteiger partial charge in [0.15, 0.2) is 13.8 Å². The molecule has 1 aromatic rings.